The second kappa shape index (κ2) is 5.24. The van der Waals surface area contributed by atoms with E-state index in [4.69, 9.17) is 0 Å². The average molecular weight is 263 g/mol. The monoisotopic (exact) mass is 263 g/mol. The summed E-state index contributed by atoms with van der Waals surface area (Å²) in [5.74, 6) is 0.613. The minimum atomic E-state index is -0.118. The minimum Gasteiger partial charge on any atom is -0.316 e. The molecule has 1 saturated carbocycles. The van der Waals surface area contributed by atoms with Gasteiger partial charge in [0, 0.05) is 12.0 Å². The van der Waals surface area contributed by atoms with Crippen LogP contribution in [0.25, 0.3) is 0 Å². The Balaban J connectivity index is 2.19. The van der Waals surface area contributed by atoms with Crippen LogP contribution in [0.5, 0.6) is 0 Å². The van der Waals surface area contributed by atoms with Crippen molar-refractivity contribution in [2.75, 3.05) is 13.1 Å². The lowest BCUT2D eigenvalue weighted by Gasteiger charge is -2.53. The highest BCUT2D eigenvalue weighted by Gasteiger charge is 2.49. The SMILES string of the molecule is CCNCC1(c2cccc(F)c2)CC(C(C)(C)C)C1. The molecule has 0 unspecified atom stereocenters. The standard InChI is InChI=1S/C17H26FN/c1-5-19-12-17(10-14(11-17)16(2,3)4)13-7-6-8-15(18)9-13/h6-9,14,19H,5,10-12H2,1-4H3. The third kappa shape index (κ3) is 3.00. The van der Waals surface area contributed by atoms with E-state index in [0.29, 0.717) is 5.41 Å². The Kier molecular flexibility index (Phi) is 4.00. The fraction of sp³-hybridized carbons (Fsp3) is 0.647. The first-order valence-electron chi connectivity index (χ1n) is 7.34. The minimum absolute atomic E-state index is 0.118. The van der Waals surface area contributed by atoms with E-state index < -0.39 is 0 Å². The molecular formula is C17H26FN. The summed E-state index contributed by atoms with van der Waals surface area (Å²) in [5, 5.41) is 3.46. The fourth-order valence-corrected chi connectivity index (χ4v) is 3.16. The topological polar surface area (TPSA) is 12.0 Å². The summed E-state index contributed by atoms with van der Waals surface area (Å²) in [6.45, 7) is 11.0. The van der Waals surface area contributed by atoms with Crippen LogP contribution in [-0.4, -0.2) is 13.1 Å². The highest BCUT2D eigenvalue weighted by molar-refractivity contribution is 5.30. The Labute approximate surface area is 116 Å². The molecule has 2 heteroatoms. The van der Waals surface area contributed by atoms with Crippen molar-refractivity contribution in [3.63, 3.8) is 0 Å². The second-order valence-electron chi connectivity index (χ2n) is 7.04. The van der Waals surface area contributed by atoms with Gasteiger partial charge in [-0.05, 0) is 48.4 Å². The van der Waals surface area contributed by atoms with Gasteiger partial charge in [0.05, 0.1) is 0 Å². The molecule has 0 aromatic heterocycles. The molecule has 1 aromatic rings. The Morgan fingerprint density at radius 2 is 2.00 bits per heavy atom. The molecule has 1 aromatic carbocycles. The molecule has 0 amide bonds. The van der Waals surface area contributed by atoms with Crippen LogP contribution >= 0.6 is 0 Å². The van der Waals surface area contributed by atoms with Crippen molar-refractivity contribution in [2.24, 2.45) is 11.3 Å². The largest absolute Gasteiger partial charge is 0.316 e. The Morgan fingerprint density at radius 1 is 1.32 bits per heavy atom. The molecule has 1 aliphatic rings. The highest BCUT2D eigenvalue weighted by Crippen LogP contribution is 2.54. The van der Waals surface area contributed by atoms with Gasteiger partial charge in [0.2, 0.25) is 0 Å². The number of halogens is 1. The van der Waals surface area contributed by atoms with Crippen molar-refractivity contribution in [1.29, 1.82) is 0 Å². The first-order valence-corrected chi connectivity index (χ1v) is 7.34. The Hall–Kier alpha value is -0.890. The van der Waals surface area contributed by atoms with Crippen LogP contribution in [-0.2, 0) is 5.41 Å². The molecule has 1 fully saturated rings. The van der Waals surface area contributed by atoms with E-state index in [-0.39, 0.29) is 11.2 Å². The zero-order valence-electron chi connectivity index (χ0n) is 12.6. The molecule has 0 saturated heterocycles. The van der Waals surface area contributed by atoms with Crippen molar-refractivity contribution in [1.82, 2.24) is 5.32 Å². The number of benzene rings is 1. The molecule has 1 nitrogen and oxygen atoms in total. The molecule has 1 aliphatic carbocycles. The molecule has 106 valence electrons. The van der Waals surface area contributed by atoms with Gasteiger partial charge in [-0.15, -0.1) is 0 Å². The lowest BCUT2D eigenvalue weighted by molar-refractivity contribution is 0.0450. The van der Waals surface area contributed by atoms with Gasteiger partial charge in [-0.3, -0.25) is 0 Å². The van der Waals surface area contributed by atoms with Crippen LogP contribution in [0.15, 0.2) is 24.3 Å². The lowest BCUT2D eigenvalue weighted by Crippen LogP contribution is -2.52. The van der Waals surface area contributed by atoms with Crippen molar-refractivity contribution >= 4 is 0 Å². The summed E-state index contributed by atoms with van der Waals surface area (Å²) in [6.07, 6.45) is 2.32. The van der Waals surface area contributed by atoms with Crippen molar-refractivity contribution < 1.29 is 4.39 Å². The van der Waals surface area contributed by atoms with E-state index in [1.54, 1.807) is 6.07 Å². The van der Waals surface area contributed by atoms with Gasteiger partial charge in [-0.1, -0.05) is 39.8 Å². The van der Waals surface area contributed by atoms with E-state index >= 15 is 0 Å². The third-order valence-electron chi connectivity index (χ3n) is 4.65. The molecule has 2 rings (SSSR count). The van der Waals surface area contributed by atoms with Crippen molar-refractivity contribution in [3.8, 4) is 0 Å². The molecule has 0 atom stereocenters. The normalized spacial score (nSPS) is 27.1. The summed E-state index contributed by atoms with van der Waals surface area (Å²) in [7, 11) is 0. The van der Waals surface area contributed by atoms with Gasteiger partial charge >= 0.3 is 0 Å². The van der Waals surface area contributed by atoms with Gasteiger partial charge in [0.25, 0.3) is 0 Å². The number of rotatable bonds is 4. The molecule has 0 aliphatic heterocycles. The molecule has 0 heterocycles. The van der Waals surface area contributed by atoms with Crippen LogP contribution < -0.4 is 5.32 Å². The maximum atomic E-state index is 13.5. The first kappa shape index (κ1) is 14.5. The van der Waals surface area contributed by atoms with E-state index in [0.717, 1.165) is 37.4 Å². The maximum Gasteiger partial charge on any atom is 0.123 e. The van der Waals surface area contributed by atoms with E-state index in [1.807, 2.05) is 6.07 Å². The molecule has 0 bridgehead atoms. The van der Waals surface area contributed by atoms with Crippen LogP contribution in [0.2, 0.25) is 0 Å². The summed E-state index contributed by atoms with van der Waals surface area (Å²) in [6, 6.07) is 7.17. The van der Waals surface area contributed by atoms with Crippen LogP contribution in [0.4, 0.5) is 4.39 Å². The number of nitrogens with one attached hydrogen (secondary N) is 1. The van der Waals surface area contributed by atoms with Crippen LogP contribution in [0.3, 0.4) is 0 Å². The Bertz CT molecular complexity index is 427. The Morgan fingerprint density at radius 3 is 2.53 bits per heavy atom. The lowest BCUT2D eigenvalue weighted by atomic mass is 9.52. The fourth-order valence-electron chi connectivity index (χ4n) is 3.16. The maximum absolute atomic E-state index is 13.5. The third-order valence-corrected chi connectivity index (χ3v) is 4.65. The molecule has 1 N–H and O–H groups in total. The number of hydrogen-bond donors (Lipinski definition) is 1. The zero-order chi connectivity index (χ0) is 14.1. The van der Waals surface area contributed by atoms with Crippen molar-refractivity contribution in [3.05, 3.63) is 35.6 Å². The second-order valence-corrected chi connectivity index (χ2v) is 7.04. The number of likely N-dealkylation sites (N-methyl/N-ethyl adjacent to an activating group) is 1. The van der Waals surface area contributed by atoms with Crippen LogP contribution in [0, 0.1) is 17.2 Å². The van der Waals surface area contributed by atoms with Gasteiger partial charge in [-0.2, -0.15) is 0 Å². The van der Waals surface area contributed by atoms with E-state index in [2.05, 4.69) is 39.1 Å². The molecule has 19 heavy (non-hydrogen) atoms. The first-order chi connectivity index (χ1) is 8.87. The van der Waals surface area contributed by atoms with Gasteiger partial charge in [-0.25, -0.2) is 4.39 Å². The van der Waals surface area contributed by atoms with E-state index in [9.17, 15) is 4.39 Å². The summed E-state index contributed by atoms with van der Waals surface area (Å²) >= 11 is 0. The van der Waals surface area contributed by atoms with Gasteiger partial charge in [0.1, 0.15) is 5.82 Å². The van der Waals surface area contributed by atoms with E-state index in [1.165, 1.54) is 6.07 Å². The number of hydrogen-bond acceptors (Lipinski definition) is 1. The van der Waals surface area contributed by atoms with Gasteiger partial charge in [0.15, 0.2) is 0 Å². The zero-order valence-corrected chi connectivity index (χ0v) is 12.6. The summed E-state index contributed by atoms with van der Waals surface area (Å²) in [4.78, 5) is 0. The predicted octanol–water partition coefficient (Wildman–Crippen LogP) is 4.13. The quantitative estimate of drug-likeness (QED) is 0.861. The van der Waals surface area contributed by atoms with Gasteiger partial charge < -0.3 is 5.32 Å². The molecular weight excluding hydrogens is 237 g/mol. The highest BCUT2D eigenvalue weighted by atomic mass is 19.1. The molecule has 0 radical (unpaired) electrons. The average Bonchev–Trinajstić information content (AvgIpc) is 2.26. The summed E-state index contributed by atoms with van der Waals surface area (Å²) < 4.78 is 13.5. The smallest absolute Gasteiger partial charge is 0.123 e. The predicted molar refractivity (Wildman–Crippen MR) is 78.8 cm³/mol. The summed E-state index contributed by atoms with van der Waals surface area (Å²) in [5.41, 5.74) is 1.65. The molecule has 0 spiro atoms. The van der Waals surface area contributed by atoms with Crippen molar-refractivity contribution in [2.45, 2.75) is 46.0 Å². The van der Waals surface area contributed by atoms with Crippen LogP contribution in [0.1, 0.15) is 46.1 Å².